The summed E-state index contributed by atoms with van der Waals surface area (Å²) in [6.07, 6.45) is 5.15. The van der Waals surface area contributed by atoms with Gasteiger partial charge in [0.2, 0.25) is 0 Å². The summed E-state index contributed by atoms with van der Waals surface area (Å²) in [5.74, 6) is -0.867. The second-order valence-electron chi connectivity index (χ2n) is 7.49. The van der Waals surface area contributed by atoms with Crippen molar-refractivity contribution in [1.29, 1.82) is 0 Å². The molecule has 0 aromatic heterocycles. The Morgan fingerprint density at radius 1 is 0.688 bits per heavy atom. The van der Waals surface area contributed by atoms with Crippen molar-refractivity contribution in [3.63, 3.8) is 0 Å². The van der Waals surface area contributed by atoms with Crippen LogP contribution in [0.5, 0.6) is 0 Å². The molecule has 3 aromatic carbocycles. The molecule has 0 aliphatic carbocycles. The fourth-order valence-corrected chi connectivity index (χ4v) is 3.98. The molecule has 1 saturated heterocycles. The molecule has 3 aromatic rings. The first-order chi connectivity index (χ1) is 15.5. The highest BCUT2D eigenvalue weighted by Gasteiger charge is 2.41. The van der Waals surface area contributed by atoms with E-state index in [1.807, 2.05) is 98.8 Å². The van der Waals surface area contributed by atoms with Gasteiger partial charge in [-0.3, -0.25) is 19.4 Å². The van der Waals surface area contributed by atoms with Gasteiger partial charge in [0.25, 0.3) is 11.8 Å². The minimum Gasteiger partial charge on any atom is -0.268 e. The summed E-state index contributed by atoms with van der Waals surface area (Å²) in [5.41, 5.74) is 4.13. The van der Waals surface area contributed by atoms with Gasteiger partial charge >= 0.3 is 0 Å². The van der Waals surface area contributed by atoms with Gasteiger partial charge in [-0.2, -0.15) is 0 Å². The largest absolute Gasteiger partial charge is 0.270 e. The zero-order chi connectivity index (χ0) is 22.7. The minimum absolute atomic E-state index is 0.0530. The number of thiocarbonyl (C=S) groups is 1. The summed E-state index contributed by atoms with van der Waals surface area (Å²) in [6, 6.07) is 24.7. The van der Waals surface area contributed by atoms with E-state index in [4.69, 9.17) is 12.2 Å². The van der Waals surface area contributed by atoms with Crippen LogP contribution in [0.4, 0.5) is 11.4 Å². The van der Waals surface area contributed by atoms with Crippen LogP contribution in [0.2, 0.25) is 0 Å². The zero-order valence-electron chi connectivity index (χ0n) is 17.9. The zero-order valence-corrected chi connectivity index (χ0v) is 18.7. The standard InChI is InChI=1S/C27H22N2O2S/c1-19-11-6-8-17-23(19)28-25(30)22(16-10-15-21-13-4-3-5-14-21)26(31)29(27(28)32)24-18-9-7-12-20(24)2/h3-18H,1-2H3/b15-10+. The first-order valence-electron chi connectivity index (χ1n) is 10.3. The number of aryl methyl sites for hydroxylation is 2. The van der Waals surface area contributed by atoms with Gasteiger partial charge in [-0.05, 0) is 61.0 Å². The molecule has 0 N–H and O–H groups in total. The lowest BCUT2D eigenvalue weighted by Crippen LogP contribution is -2.57. The third-order valence-corrected chi connectivity index (χ3v) is 5.68. The smallest absolute Gasteiger partial charge is 0.268 e. The van der Waals surface area contributed by atoms with E-state index in [1.165, 1.54) is 9.80 Å². The number of hydrogen-bond acceptors (Lipinski definition) is 3. The third kappa shape index (κ3) is 4.03. The predicted molar refractivity (Wildman–Crippen MR) is 133 cm³/mol. The predicted octanol–water partition coefficient (Wildman–Crippen LogP) is 5.61. The SMILES string of the molecule is Cc1ccccc1N1C(=O)C(=C/C=C/c2ccccc2)C(=O)N(c2ccccc2C)C1=S. The summed E-state index contributed by atoms with van der Waals surface area (Å²) in [7, 11) is 0. The highest BCUT2D eigenvalue weighted by atomic mass is 32.1. The molecule has 0 radical (unpaired) electrons. The van der Waals surface area contributed by atoms with Gasteiger partial charge < -0.3 is 0 Å². The Morgan fingerprint density at radius 3 is 1.66 bits per heavy atom. The number of anilines is 2. The van der Waals surface area contributed by atoms with Crippen molar-refractivity contribution >= 4 is 46.6 Å². The van der Waals surface area contributed by atoms with Crippen LogP contribution in [-0.4, -0.2) is 16.9 Å². The van der Waals surface area contributed by atoms with Crippen molar-refractivity contribution in [1.82, 2.24) is 0 Å². The van der Waals surface area contributed by atoms with Gasteiger partial charge in [-0.25, -0.2) is 0 Å². The van der Waals surface area contributed by atoms with Crippen molar-refractivity contribution in [3.8, 4) is 0 Å². The Bertz CT molecular complexity index is 1190. The summed E-state index contributed by atoms with van der Waals surface area (Å²) in [4.78, 5) is 29.9. The van der Waals surface area contributed by atoms with Gasteiger partial charge in [0.1, 0.15) is 5.57 Å². The second kappa shape index (κ2) is 9.12. The Morgan fingerprint density at radius 2 is 1.16 bits per heavy atom. The number of carbonyl (C=O) groups is 2. The average molecular weight is 439 g/mol. The first kappa shape index (κ1) is 21.4. The molecular weight excluding hydrogens is 416 g/mol. The number of benzene rings is 3. The van der Waals surface area contributed by atoms with Gasteiger partial charge in [-0.15, -0.1) is 0 Å². The molecule has 0 unspecified atom stereocenters. The normalized spacial score (nSPS) is 14.4. The van der Waals surface area contributed by atoms with Crippen LogP contribution in [0.25, 0.3) is 6.08 Å². The molecule has 4 rings (SSSR count). The highest BCUT2D eigenvalue weighted by Crippen LogP contribution is 2.32. The lowest BCUT2D eigenvalue weighted by atomic mass is 10.1. The maximum atomic E-state index is 13.5. The van der Waals surface area contributed by atoms with Gasteiger partial charge in [0.05, 0.1) is 11.4 Å². The summed E-state index contributed by atoms with van der Waals surface area (Å²) < 4.78 is 0. The van der Waals surface area contributed by atoms with E-state index < -0.39 is 11.8 Å². The van der Waals surface area contributed by atoms with Crippen LogP contribution in [0.1, 0.15) is 16.7 Å². The Kier molecular flexibility index (Phi) is 6.10. The molecule has 158 valence electrons. The second-order valence-corrected chi connectivity index (χ2v) is 7.85. The molecule has 2 amide bonds. The molecule has 0 saturated carbocycles. The van der Waals surface area contributed by atoms with Crippen molar-refractivity contribution < 1.29 is 9.59 Å². The summed E-state index contributed by atoms with van der Waals surface area (Å²) >= 11 is 5.69. The molecule has 32 heavy (non-hydrogen) atoms. The number of rotatable bonds is 4. The van der Waals surface area contributed by atoms with E-state index in [9.17, 15) is 9.59 Å². The topological polar surface area (TPSA) is 40.6 Å². The van der Waals surface area contributed by atoms with E-state index in [2.05, 4.69) is 0 Å². The lowest BCUT2D eigenvalue weighted by molar-refractivity contribution is -0.120. The maximum absolute atomic E-state index is 13.5. The molecule has 1 heterocycles. The van der Waals surface area contributed by atoms with E-state index in [1.54, 1.807) is 12.2 Å². The number of hydrogen-bond donors (Lipinski definition) is 0. The van der Waals surface area contributed by atoms with Crippen LogP contribution >= 0.6 is 12.2 Å². The molecule has 1 fully saturated rings. The average Bonchev–Trinajstić information content (AvgIpc) is 2.79. The van der Waals surface area contributed by atoms with Crippen LogP contribution in [0.3, 0.4) is 0 Å². The quantitative estimate of drug-likeness (QED) is 0.302. The maximum Gasteiger partial charge on any atom is 0.270 e. The van der Waals surface area contributed by atoms with Crippen molar-refractivity contribution in [2.45, 2.75) is 13.8 Å². The van der Waals surface area contributed by atoms with E-state index >= 15 is 0 Å². The number of para-hydroxylation sites is 2. The number of nitrogens with zero attached hydrogens (tertiary/aromatic N) is 2. The molecule has 0 spiro atoms. The molecule has 5 heteroatoms. The van der Waals surface area contributed by atoms with E-state index in [0.717, 1.165) is 16.7 Å². The van der Waals surface area contributed by atoms with Crippen molar-refractivity contribution in [2.24, 2.45) is 0 Å². The number of carbonyl (C=O) groups excluding carboxylic acids is 2. The Hall–Kier alpha value is -3.83. The van der Waals surface area contributed by atoms with Gasteiger partial charge in [0, 0.05) is 0 Å². The molecular formula is C27H22N2O2S. The van der Waals surface area contributed by atoms with Crippen molar-refractivity contribution in [2.75, 3.05) is 9.80 Å². The van der Waals surface area contributed by atoms with Crippen LogP contribution < -0.4 is 9.80 Å². The van der Waals surface area contributed by atoms with Crippen molar-refractivity contribution in [3.05, 3.63) is 113 Å². The molecule has 0 atom stereocenters. The molecule has 1 aliphatic heterocycles. The number of allylic oxidation sites excluding steroid dienone is 2. The summed E-state index contributed by atoms with van der Waals surface area (Å²) in [6.45, 7) is 3.83. The minimum atomic E-state index is -0.433. The Labute approximate surface area is 193 Å². The molecule has 1 aliphatic rings. The fourth-order valence-electron chi connectivity index (χ4n) is 3.62. The van der Waals surface area contributed by atoms with Crippen LogP contribution in [0, 0.1) is 13.8 Å². The molecule has 0 bridgehead atoms. The fraction of sp³-hybridized carbons (Fsp3) is 0.0741. The molecule has 4 nitrogen and oxygen atoms in total. The van der Waals surface area contributed by atoms with Crippen LogP contribution in [-0.2, 0) is 9.59 Å². The van der Waals surface area contributed by atoms with Gasteiger partial charge in [0.15, 0.2) is 5.11 Å². The van der Waals surface area contributed by atoms with E-state index in [-0.39, 0.29) is 10.7 Å². The van der Waals surface area contributed by atoms with Crippen LogP contribution in [0.15, 0.2) is 96.6 Å². The monoisotopic (exact) mass is 438 g/mol. The third-order valence-electron chi connectivity index (χ3n) is 5.31. The first-order valence-corrected chi connectivity index (χ1v) is 10.7. The Balaban J connectivity index is 1.83. The lowest BCUT2D eigenvalue weighted by Gasteiger charge is -2.37. The van der Waals surface area contributed by atoms with E-state index in [0.29, 0.717) is 11.4 Å². The summed E-state index contributed by atoms with van der Waals surface area (Å²) in [5, 5.41) is 0.146. The van der Waals surface area contributed by atoms with Gasteiger partial charge in [-0.1, -0.05) is 78.9 Å². The number of amides is 2. The highest BCUT2D eigenvalue weighted by molar-refractivity contribution is 7.81.